The molecule has 2 aromatic rings. The van der Waals surface area contributed by atoms with E-state index in [0.29, 0.717) is 18.7 Å². The molecule has 1 aliphatic heterocycles. The Balaban J connectivity index is 1.96. The Kier molecular flexibility index (Phi) is 3.58. The smallest absolute Gasteiger partial charge is 0.258 e. The summed E-state index contributed by atoms with van der Waals surface area (Å²) in [5.74, 6) is 0.116. The molecule has 3 N–H and O–H groups in total. The Morgan fingerprint density at radius 3 is 2.90 bits per heavy atom. The van der Waals surface area contributed by atoms with Crippen LogP contribution in [-0.2, 0) is 0 Å². The first-order valence-corrected chi connectivity index (χ1v) is 7.00. The first-order chi connectivity index (χ1) is 10.2. The second kappa shape index (κ2) is 5.54. The molecule has 5 heteroatoms. The number of aromatic nitrogens is 1. The van der Waals surface area contributed by atoms with E-state index in [4.69, 9.17) is 5.73 Å². The van der Waals surface area contributed by atoms with Gasteiger partial charge in [-0.25, -0.2) is 0 Å². The van der Waals surface area contributed by atoms with E-state index in [1.807, 2.05) is 24.3 Å². The second-order valence-corrected chi connectivity index (χ2v) is 5.19. The molecule has 0 spiro atoms. The molecule has 108 valence electrons. The average molecular weight is 283 g/mol. The quantitative estimate of drug-likeness (QED) is 0.895. The van der Waals surface area contributed by atoms with E-state index in [-0.39, 0.29) is 17.4 Å². The van der Waals surface area contributed by atoms with Crippen LogP contribution < -0.4 is 16.2 Å². The predicted octanol–water partition coefficient (Wildman–Crippen LogP) is 1.47. The van der Waals surface area contributed by atoms with Gasteiger partial charge in [0.15, 0.2) is 0 Å². The van der Waals surface area contributed by atoms with Gasteiger partial charge < -0.3 is 15.6 Å². The number of aromatic amines is 1. The van der Waals surface area contributed by atoms with E-state index in [1.165, 1.54) is 12.3 Å². The fraction of sp³-hybridized carbons (Fsp3) is 0.250. The maximum absolute atomic E-state index is 12.7. The van der Waals surface area contributed by atoms with Gasteiger partial charge in [-0.3, -0.25) is 9.59 Å². The summed E-state index contributed by atoms with van der Waals surface area (Å²) in [5, 5.41) is 0. The predicted molar refractivity (Wildman–Crippen MR) is 81.6 cm³/mol. The SMILES string of the molecule is NCCC1CN(C(=O)c2cc[nH]c(=O)c2)c2ccccc21. The van der Waals surface area contributed by atoms with Crippen molar-refractivity contribution in [3.8, 4) is 0 Å². The van der Waals surface area contributed by atoms with Crippen LogP contribution in [0.25, 0.3) is 0 Å². The van der Waals surface area contributed by atoms with Crippen LogP contribution in [0.1, 0.15) is 28.3 Å². The average Bonchev–Trinajstić information content (AvgIpc) is 2.86. The minimum atomic E-state index is -0.271. The molecule has 1 aliphatic rings. The molecule has 0 saturated carbocycles. The van der Waals surface area contributed by atoms with E-state index >= 15 is 0 Å². The highest BCUT2D eigenvalue weighted by atomic mass is 16.2. The highest BCUT2D eigenvalue weighted by Gasteiger charge is 2.32. The van der Waals surface area contributed by atoms with Crippen molar-refractivity contribution in [2.75, 3.05) is 18.0 Å². The molecule has 1 unspecified atom stereocenters. The molecule has 1 atom stereocenters. The lowest BCUT2D eigenvalue weighted by Crippen LogP contribution is -2.31. The van der Waals surface area contributed by atoms with Crippen molar-refractivity contribution >= 4 is 11.6 Å². The summed E-state index contributed by atoms with van der Waals surface area (Å²) in [7, 11) is 0. The fourth-order valence-electron chi connectivity index (χ4n) is 2.87. The number of hydrogen-bond donors (Lipinski definition) is 2. The lowest BCUT2D eigenvalue weighted by Gasteiger charge is -2.17. The molecular weight excluding hydrogens is 266 g/mol. The molecular formula is C16H17N3O2. The van der Waals surface area contributed by atoms with Gasteiger partial charge in [-0.05, 0) is 30.7 Å². The number of para-hydroxylation sites is 1. The van der Waals surface area contributed by atoms with Crippen LogP contribution in [0, 0.1) is 0 Å². The Labute approximate surface area is 122 Å². The van der Waals surface area contributed by atoms with Gasteiger partial charge in [0.05, 0.1) is 0 Å². The molecule has 0 aliphatic carbocycles. The van der Waals surface area contributed by atoms with Crippen molar-refractivity contribution in [2.24, 2.45) is 5.73 Å². The largest absolute Gasteiger partial charge is 0.330 e. The first-order valence-electron chi connectivity index (χ1n) is 7.00. The van der Waals surface area contributed by atoms with Gasteiger partial charge in [-0.2, -0.15) is 0 Å². The minimum absolute atomic E-state index is 0.145. The number of pyridine rings is 1. The summed E-state index contributed by atoms with van der Waals surface area (Å²) in [6.07, 6.45) is 2.34. The van der Waals surface area contributed by atoms with Gasteiger partial charge >= 0.3 is 0 Å². The summed E-state index contributed by atoms with van der Waals surface area (Å²) in [5.41, 5.74) is 7.87. The van der Waals surface area contributed by atoms with Crippen LogP contribution in [0.5, 0.6) is 0 Å². The number of hydrogen-bond acceptors (Lipinski definition) is 3. The molecule has 1 aromatic carbocycles. The molecule has 0 fully saturated rings. The molecule has 1 aromatic heterocycles. The van der Waals surface area contributed by atoms with Crippen LogP contribution in [0.2, 0.25) is 0 Å². The van der Waals surface area contributed by atoms with E-state index in [0.717, 1.165) is 17.7 Å². The van der Waals surface area contributed by atoms with Gasteiger partial charge in [-0.15, -0.1) is 0 Å². The Morgan fingerprint density at radius 1 is 1.33 bits per heavy atom. The van der Waals surface area contributed by atoms with Crippen molar-refractivity contribution in [3.63, 3.8) is 0 Å². The molecule has 0 radical (unpaired) electrons. The standard InChI is InChI=1S/C16H17N3O2/c17-7-5-12-10-19(14-4-2-1-3-13(12)14)16(21)11-6-8-18-15(20)9-11/h1-4,6,8-9,12H,5,7,10,17H2,(H,18,20). The van der Waals surface area contributed by atoms with Crippen LogP contribution in [0.15, 0.2) is 47.4 Å². The third-order valence-electron chi connectivity index (χ3n) is 3.85. The van der Waals surface area contributed by atoms with Gasteiger partial charge in [-0.1, -0.05) is 18.2 Å². The van der Waals surface area contributed by atoms with E-state index in [9.17, 15) is 9.59 Å². The maximum Gasteiger partial charge on any atom is 0.258 e. The number of anilines is 1. The van der Waals surface area contributed by atoms with Crippen molar-refractivity contribution < 1.29 is 4.79 Å². The Bertz CT molecular complexity index is 723. The molecule has 3 rings (SSSR count). The molecule has 0 bridgehead atoms. The highest BCUT2D eigenvalue weighted by Crippen LogP contribution is 2.38. The summed E-state index contributed by atoms with van der Waals surface area (Å²) in [6, 6.07) is 10.8. The zero-order chi connectivity index (χ0) is 14.8. The lowest BCUT2D eigenvalue weighted by atomic mass is 9.98. The van der Waals surface area contributed by atoms with Crippen molar-refractivity contribution in [1.29, 1.82) is 0 Å². The summed E-state index contributed by atoms with van der Waals surface area (Å²) in [6.45, 7) is 1.20. The lowest BCUT2D eigenvalue weighted by molar-refractivity contribution is 0.0988. The van der Waals surface area contributed by atoms with Gasteiger partial charge in [0.25, 0.3) is 5.91 Å². The Hall–Kier alpha value is -2.40. The second-order valence-electron chi connectivity index (χ2n) is 5.19. The zero-order valence-electron chi connectivity index (χ0n) is 11.6. The van der Waals surface area contributed by atoms with E-state index < -0.39 is 0 Å². The van der Waals surface area contributed by atoms with E-state index in [1.54, 1.807) is 11.0 Å². The highest BCUT2D eigenvalue weighted by molar-refractivity contribution is 6.07. The monoisotopic (exact) mass is 283 g/mol. The summed E-state index contributed by atoms with van der Waals surface area (Å²) >= 11 is 0. The third kappa shape index (κ3) is 2.48. The number of fused-ring (bicyclic) bond motifs is 1. The fourth-order valence-corrected chi connectivity index (χ4v) is 2.87. The minimum Gasteiger partial charge on any atom is -0.330 e. The van der Waals surface area contributed by atoms with Crippen LogP contribution in [-0.4, -0.2) is 24.0 Å². The molecule has 0 saturated heterocycles. The van der Waals surface area contributed by atoms with Crippen LogP contribution in [0.4, 0.5) is 5.69 Å². The number of nitrogens with zero attached hydrogens (tertiary/aromatic N) is 1. The van der Waals surface area contributed by atoms with Gasteiger partial charge in [0.1, 0.15) is 0 Å². The number of nitrogens with two attached hydrogens (primary N) is 1. The molecule has 21 heavy (non-hydrogen) atoms. The number of rotatable bonds is 3. The van der Waals surface area contributed by atoms with Crippen molar-refractivity contribution in [1.82, 2.24) is 4.98 Å². The first kappa shape index (κ1) is 13.6. The molecule has 1 amide bonds. The van der Waals surface area contributed by atoms with Crippen molar-refractivity contribution in [3.05, 3.63) is 64.1 Å². The molecule has 5 nitrogen and oxygen atoms in total. The molecule has 2 heterocycles. The number of carbonyl (C=O) groups is 1. The van der Waals surface area contributed by atoms with E-state index in [2.05, 4.69) is 4.98 Å². The van der Waals surface area contributed by atoms with Crippen LogP contribution in [0.3, 0.4) is 0 Å². The maximum atomic E-state index is 12.7. The number of amides is 1. The van der Waals surface area contributed by atoms with Crippen molar-refractivity contribution in [2.45, 2.75) is 12.3 Å². The summed E-state index contributed by atoms with van der Waals surface area (Å²) < 4.78 is 0. The zero-order valence-corrected chi connectivity index (χ0v) is 11.6. The number of nitrogens with one attached hydrogen (secondary N) is 1. The summed E-state index contributed by atoms with van der Waals surface area (Å²) in [4.78, 5) is 28.3. The normalized spacial score (nSPS) is 16.8. The van der Waals surface area contributed by atoms with Gasteiger partial charge in [0, 0.05) is 36.0 Å². The van der Waals surface area contributed by atoms with Gasteiger partial charge in [0.2, 0.25) is 5.56 Å². The van der Waals surface area contributed by atoms with Crippen LogP contribution >= 0.6 is 0 Å². The number of benzene rings is 1. The number of H-pyrrole nitrogens is 1. The third-order valence-corrected chi connectivity index (χ3v) is 3.85. The topological polar surface area (TPSA) is 79.2 Å². The Morgan fingerprint density at radius 2 is 2.14 bits per heavy atom. The number of carbonyl (C=O) groups excluding carboxylic acids is 1.